The lowest BCUT2D eigenvalue weighted by Gasteiger charge is -2.18. The second-order valence-corrected chi connectivity index (χ2v) is 16.7. The van der Waals surface area contributed by atoms with E-state index in [1.54, 1.807) is 0 Å². The van der Waals surface area contributed by atoms with E-state index in [1.807, 2.05) is 0 Å². The van der Waals surface area contributed by atoms with Crippen LogP contribution in [0.3, 0.4) is 0 Å². The molecule has 0 amide bonds. The van der Waals surface area contributed by atoms with Crippen molar-refractivity contribution in [3.8, 4) is 0 Å². The van der Waals surface area contributed by atoms with Crippen LogP contribution in [0, 0.1) is 0 Å². The van der Waals surface area contributed by atoms with Gasteiger partial charge in [0.15, 0.2) is 6.10 Å². The van der Waals surface area contributed by atoms with E-state index in [0.29, 0.717) is 19.4 Å². The van der Waals surface area contributed by atoms with E-state index in [4.69, 9.17) is 14.2 Å². The second-order valence-electron chi connectivity index (χ2n) is 16.7. The van der Waals surface area contributed by atoms with Crippen LogP contribution in [0.25, 0.3) is 0 Å². The van der Waals surface area contributed by atoms with E-state index in [9.17, 15) is 9.59 Å². The summed E-state index contributed by atoms with van der Waals surface area (Å²) in [6, 6.07) is 0. The zero-order valence-electron chi connectivity index (χ0n) is 37.9. The van der Waals surface area contributed by atoms with E-state index in [-0.39, 0.29) is 25.2 Å². The summed E-state index contributed by atoms with van der Waals surface area (Å²) < 4.78 is 17.3. The van der Waals surface area contributed by atoms with Crippen molar-refractivity contribution in [3.63, 3.8) is 0 Å². The van der Waals surface area contributed by atoms with Gasteiger partial charge < -0.3 is 14.2 Å². The molecule has 0 rings (SSSR count). The van der Waals surface area contributed by atoms with E-state index in [1.165, 1.54) is 193 Å². The molecule has 0 aliphatic heterocycles. The molecule has 0 heterocycles. The van der Waals surface area contributed by atoms with Crippen LogP contribution in [0.4, 0.5) is 0 Å². The topological polar surface area (TPSA) is 61.8 Å². The number of hydrogen-bond acceptors (Lipinski definition) is 5. The summed E-state index contributed by atoms with van der Waals surface area (Å²) in [7, 11) is 0. The minimum atomic E-state index is -0.531. The normalized spacial score (nSPS) is 12.3. The molecule has 0 radical (unpaired) electrons. The molecule has 0 aromatic heterocycles. The molecule has 0 aliphatic carbocycles. The van der Waals surface area contributed by atoms with Crippen LogP contribution in [-0.4, -0.2) is 37.9 Å². The highest BCUT2D eigenvalue weighted by Gasteiger charge is 2.17. The molecule has 0 fully saturated rings. The van der Waals surface area contributed by atoms with Gasteiger partial charge >= 0.3 is 11.9 Å². The first-order chi connectivity index (χ1) is 27.6. The highest BCUT2D eigenvalue weighted by atomic mass is 16.6. The maximum Gasteiger partial charge on any atom is 0.306 e. The van der Waals surface area contributed by atoms with E-state index >= 15 is 0 Å². The molecule has 0 spiro atoms. The third kappa shape index (κ3) is 45.1. The number of hydrogen-bond donors (Lipinski definition) is 0. The molecule has 1 unspecified atom stereocenters. The van der Waals surface area contributed by atoms with Crippen LogP contribution in [-0.2, 0) is 23.8 Å². The molecule has 0 aromatic rings. The monoisotopic (exact) mass is 789 g/mol. The zero-order chi connectivity index (χ0) is 40.7. The summed E-state index contributed by atoms with van der Waals surface area (Å²) in [5.41, 5.74) is 0. The van der Waals surface area contributed by atoms with Gasteiger partial charge in [0, 0.05) is 19.4 Å². The summed E-state index contributed by atoms with van der Waals surface area (Å²) in [6.45, 7) is 7.80. The molecule has 0 saturated heterocycles. The quantitative estimate of drug-likeness (QED) is 0.0349. The van der Waals surface area contributed by atoms with Crippen molar-refractivity contribution in [1.29, 1.82) is 0 Å². The molecule has 0 N–H and O–H groups in total. The molecule has 0 bridgehead atoms. The van der Waals surface area contributed by atoms with E-state index in [2.05, 4.69) is 45.1 Å². The van der Waals surface area contributed by atoms with Crippen LogP contribution in [0.1, 0.15) is 265 Å². The Kier molecular flexibility index (Phi) is 46.4. The Morgan fingerprint density at radius 3 is 1.11 bits per heavy atom. The van der Waals surface area contributed by atoms with Gasteiger partial charge in [0.2, 0.25) is 0 Å². The molecule has 56 heavy (non-hydrogen) atoms. The highest BCUT2D eigenvalue weighted by molar-refractivity contribution is 5.70. The Morgan fingerprint density at radius 2 is 0.696 bits per heavy atom. The lowest BCUT2D eigenvalue weighted by Crippen LogP contribution is -2.30. The summed E-state index contributed by atoms with van der Waals surface area (Å²) in [5, 5.41) is 0. The number of carbonyl (C=O) groups excluding carboxylic acids is 2. The average molecular weight is 789 g/mol. The van der Waals surface area contributed by atoms with Crippen LogP contribution >= 0.6 is 0 Å². The third-order valence-electron chi connectivity index (χ3n) is 11.0. The van der Waals surface area contributed by atoms with Crippen molar-refractivity contribution >= 4 is 11.9 Å². The van der Waals surface area contributed by atoms with Gasteiger partial charge in [0.05, 0.1) is 6.61 Å². The molecule has 0 aromatic carbocycles. The third-order valence-corrected chi connectivity index (χ3v) is 11.0. The zero-order valence-corrected chi connectivity index (χ0v) is 37.9. The first-order valence-corrected chi connectivity index (χ1v) is 24.9. The fourth-order valence-electron chi connectivity index (χ4n) is 7.21. The standard InChI is InChI=1S/C51H96O5/c1-4-7-10-13-16-18-20-22-24-25-26-27-28-29-31-33-36-38-41-44-50(52)55-48-49(56-51(53)45-42-39-35-15-12-9-6-3)47-54-46-43-40-37-34-32-30-23-21-19-17-14-11-8-5-2/h19,21-22,24,49H,4-18,20,23,25-48H2,1-3H3/b21-19-,24-22-. The van der Waals surface area contributed by atoms with Crippen LogP contribution < -0.4 is 0 Å². The first-order valence-electron chi connectivity index (χ1n) is 24.9. The smallest absolute Gasteiger partial charge is 0.306 e. The van der Waals surface area contributed by atoms with Gasteiger partial charge in [-0.2, -0.15) is 0 Å². The summed E-state index contributed by atoms with van der Waals surface area (Å²) in [5.74, 6) is -0.396. The maximum absolute atomic E-state index is 12.6. The summed E-state index contributed by atoms with van der Waals surface area (Å²) in [6.07, 6.45) is 54.8. The van der Waals surface area contributed by atoms with Crippen LogP contribution in [0.2, 0.25) is 0 Å². The Labute approximate surface area is 349 Å². The molecule has 1 atom stereocenters. The predicted molar refractivity (Wildman–Crippen MR) is 242 cm³/mol. The van der Waals surface area contributed by atoms with Gasteiger partial charge in [-0.25, -0.2) is 0 Å². The van der Waals surface area contributed by atoms with Gasteiger partial charge in [-0.05, 0) is 70.6 Å². The number of allylic oxidation sites excluding steroid dienone is 4. The molecular weight excluding hydrogens is 693 g/mol. The Morgan fingerprint density at radius 1 is 0.375 bits per heavy atom. The molecule has 5 nitrogen and oxygen atoms in total. The Balaban J connectivity index is 4.08. The number of rotatable bonds is 46. The van der Waals surface area contributed by atoms with Crippen molar-refractivity contribution in [3.05, 3.63) is 24.3 Å². The molecular formula is C51H96O5. The van der Waals surface area contributed by atoms with Crippen molar-refractivity contribution < 1.29 is 23.8 Å². The maximum atomic E-state index is 12.6. The number of carbonyl (C=O) groups is 2. The molecule has 0 saturated carbocycles. The van der Waals surface area contributed by atoms with Crippen LogP contribution in [0.15, 0.2) is 24.3 Å². The summed E-state index contributed by atoms with van der Waals surface area (Å²) in [4.78, 5) is 25.2. The lowest BCUT2D eigenvalue weighted by atomic mass is 10.1. The summed E-state index contributed by atoms with van der Waals surface area (Å²) >= 11 is 0. The van der Waals surface area contributed by atoms with Crippen molar-refractivity contribution in [2.45, 2.75) is 271 Å². The fraction of sp³-hybridized carbons (Fsp3) is 0.882. The van der Waals surface area contributed by atoms with E-state index in [0.717, 1.165) is 38.5 Å². The van der Waals surface area contributed by atoms with Crippen molar-refractivity contribution in [1.82, 2.24) is 0 Å². The Bertz CT molecular complexity index is 851. The highest BCUT2D eigenvalue weighted by Crippen LogP contribution is 2.15. The molecule has 330 valence electrons. The number of unbranched alkanes of at least 4 members (excludes halogenated alkanes) is 31. The number of esters is 2. The first kappa shape index (κ1) is 54.4. The lowest BCUT2D eigenvalue weighted by molar-refractivity contribution is -0.163. The second kappa shape index (κ2) is 47.8. The molecule has 5 heteroatoms. The van der Waals surface area contributed by atoms with Gasteiger partial charge in [0.1, 0.15) is 6.61 Å². The predicted octanol–water partition coefficient (Wildman–Crippen LogP) is 16.5. The minimum absolute atomic E-state index is 0.0870. The molecule has 0 aliphatic rings. The SMILES string of the molecule is CCCCCC/C=C\CCCCCCCCOCC(COC(=O)CCCCCCCCCCC/C=C\CCCCCCCC)OC(=O)CCCCCCCCC. The Hall–Kier alpha value is -1.62. The van der Waals surface area contributed by atoms with Crippen molar-refractivity contribution in [2.75, 3.05) is 19.8 Å². The van der Waals surface area contributed by atoms with Gasteiger partial charge in [0.25, 0.3) is 0 Å². The fourth-order valence-corrected chi connectivity index (χ4v) is 7.21. The minimum Gasteiger partial charge on any atom is -0.462 e. The van der Waals surface area contributed by atoms with Gasteiger partial charge in [-0.15, -0.1) is 0 Å². The van der Waals surface area contributed by atoms with Crippen molar-refractivity contribution in [2.24, 2.45) is 0 Å². The largest absolute Gasteiger partial charge is 0.462 e. The number of ether oxygens (including phenoxy) is 3. The van der Waals surface area contributed by atoms with E-state index < -0.39 is 6.10 Å². The van der Waals surface area contributed by atoms with Gasteiger partial charge in [-0.3, -0.25) is 9.59 Å². The van der Waals surface area contributed by atoms with Crippen LogP contribution in [0.5, 0.6) is 0 Å². The van der Waals surface area contributed by atoms with Gasteiger partial charge in [-0.1, -0.05) is 206 Å². The average Bonchev–Trinajstić information content (AvgIpc) is 3.20.